The van der Waals surface area contributed by atoms with Crippen LogP contribution < -0.4 is 9.47 Å². The Bertz CT molecular complexity index is 1500. The van der Waals surface area contributed by atoms with Gasteiger partial charge >= 0.3 is 0 Å². The summed E-state index contributed by atoms with van der Waals surface area (Å²) in [5.74, 6) is 1.27. The van der Waals surface area contributed by atoms with Gasteiger partial charge in [-0.1, -0.05) is 0 Å². The number of H-pyrrole nitrogens is 1. The van der Waals surface area contributed by atoms with Gasteiger partial charge in [-0.05, 0) is 51.8 Å². The summed E-state index contributed by atoms with van der Waals surface area (Å²) in [6.07, 6.45) is 8.13. The topological polar surface area (TPSA) is 119 Å². The lowest BCUT2D eigenvalue weighted by atomic mass is 10.1. The predicted molar refractivity (Wildman–Crippen MR) is 144 cm³/mol. The summed E-state index contributed by atoms with van der Waals surface area (Å²) in [6.45, 7) is 8.18. The summed E-state index contributed by atoms with van der Waals surface area (Å²) >= 11 is 0. The molecule has 2 aliphatic rings. The van der Waals surface area contributed by atoms with Crippen molar-refractivity contribution in [3.63, 3.8) is 0 Å². The van der Waals surface area contributed by atoms with Gasteiger partial charge in [0.05, 0.1) is 65.4 Å². The van der Waals surface area contributed by atoms with Crippen LogP contribution in [0.5, 0.6) is 11.8 Å². The molecular weight excluding hydrogens is 484 g/mol. The maximum absolute atomic E-state index is 9.80. The van der Waals surface area contributed by atoms with Crippen LogP contribution in [0, 0.1) is 6.92 Å². The molecule has 0 aromatic carbocycles. The van der Waals surface area contributed by atoms with Gasteiger partial charge in [0.25, 0.3) is 0 Å². The molecule has 0 radical (unpaired) electrons. The number of aliphatic hydroxyl groups is 1. The van der Waals surface area contributed by atoms with E-state index in [1.807, 2.05) is 43.8 Å². The highest BCUT2D eigenvalue weighted by molar-refractivity contribution is 5.92. The first-order valence-corrected chi connectivity index (χ1v) is 13.3. The molecule has 5 heterocycles. The molecule has 1 atom stereocenters. The SMILES string of the molecule is CCOc1nn(CCO)c2c1/C=C/c1n[nH]c3cnc(cc13)-c1c(C)nn(C)c1OCC(C)N(C1CC1)C2. The molecule has 1 saturated carbocycles. The van der Waals surface area contributed by atoms with Crippen molar-refractivity contribution < 1.29 is 14.6 Å². The fourth-order valence-corrected chi connectivity index (χ4v) is 5.32. The van der Waals surface area contributed by atoms with E-state index in [0.29, 0.717) is 44.1 Å². The normalized spacial score (nSPS) is 19.0. The molecule has 11 heteroatoms. The Labute approximate surface area is 221 Å². The van der Waals surface area contributed by atoms with E-state index >= 15 is 0 Å². The van der Waals surface area contributed by atoms with Gasteiger partial charge in [0.15, 0.2) is 0 Å². The first kappa shape index (κ1) is 24.6. The monoisotopic (exact) mass is 518 g/mol. The molecule has 4 aromatic heterocycles. The quantitative estimate of drug-likeness (QED) is 0.414. The van der Waals surface area contributed by atoms with Crippen LogP contribution in [0.1, 0.15) is 49.3 Å². The summed E-state index contributed by atoms with van der Waals surface area (Å²) in [7, 11) is 1.91. The molecule has 1 aliphatic heterocycles. The maximum Gasteiger partial charge on any atom is 0.240 e. The van der Waals surface area contributed by atoms with E-state index in [0.717, 1.165) is 57.6 Å². The van der Waals surface area contributed by atoms with Gasteiger partial charge in [-0.2, -0.15) is 10.2 Å². The second-order valence-electron chi connectivity index (χ2n) is 10.1. The molecular formula is C27H34N8O3. The van der Waals surface area contributed by atoms with Crippen molar-refractivity contribution in [2.45, 2.75) is 58.8 Å². The van der Waals surface area contributed by atoms with Gasteiger partial charge in [-0.25, -0.2) is 4.68 Å². The van der Waals surface area contributed by atoms with E-state index < -0.39 is 0 Å². The first-order valence-electron chi connectivity index (χ1n) is 13.3. The molecule has 0 amide bonds. The van der Waals surface area contributed by atoms with E-state index in [1.54, 1.807) is 10.9 Å². The molecule has 1 unspecified atom stereocenters. The molecule has 4 aromatic rings. The third kappa shape index (κ3) is 4.35. The Morgan fingerprint density at radius 1 is 1.24 bits per heavy atom. The Morgan fingerprint density at radius 3 is 2.84 bits per heavy atom. The van der Waals surface area contributed by atoms with E-state index in [9.17, 15) is 5.11 Å². The number of hydrogen-bond donors (Lipinski definition) is 2. The minimum Gasteiger partial charge on any atom is -0.476 e. The fourth-order valence-electron chi connectivity index (χ4n) is 5.32. The Balaban J connectivity index is 1.54. The van der Waals surface area contributed by atoms with Crippen LogP contribution in [0.2, 0.25) is 0 Å². The Morgan fingerprint density at radius 2 is 2.08 bits per heavy atom. The minimum absolute atomic E-state index is 0.00606. The third-order valence-electron chi connectivity index (χ3n) is 7.34. The van der Waals surface area contributed by atoms with Crippen LogP contribution >= 0.6 is 0 Å². The molecule has 2 N–H and O–H groups in total. The highest BCUT2D eigenvalue weighted by atomic mass is 16.5. The molecule has 1 fully saturated rings. The fraction of sp³-hybridized carbons (Fsp3) is 0.481. The lowest BCUT2D eigenvalue weighted by molar-refractivity contribution is 0.123. The average Bonchev–Trinajstić information content (AvgIpc) is 3.49. The van der Waals surface area contributed by atoms with Crippen molar-refractivity contribution in [2.75, 3.05) is 19.8 Å². The highest BCUT2D eigenvalue weighted by Crippen LogP contribution is 2.36. The number of ether oxygens (including phenoxy) is 2. The molecule has 6 rings (SSSR count). The van der Waals surface area contributed by atoms with Crippen LogP contribution in [-0.2, 0) is 20.1 Å². The average molecular weight is 519 g/mol. The largest absolute Gasteiger partial charge is 0.476 e. The lowest BCUT2D eigenvalue weighted by Gasteiger charge is -2.29. The summed E-state index contributed by atoms with van der Waals surface area (Å²) in [6, 6.07) is 2.64. The maximum atomic E-state index is 9.80. The second kappa shape index (κ2) is 9.88. The Hall–Kier alpha value is -3.70. The van der Waals surface area contributed by atoms with Crippen molar-refractivity contribution in [2.24, 2.45) is 7.05 Å². The van der Waals surface area contributed by atoms with Crippen LogP contribution in [0.3, 0.4) is 0 Å². The van der Waals surface area contributed by atoms with Gasteiger partial charge in [-0.3, -0.25) is 19.7 Å². The first-order chi connectivity index (χ1) is 18.5. The number of aromatic amines is 1. The predicted octanol–water partition coefficient (Wildman–Crippen LogP) is 3.17. The summed E-state index contributed by atoms with van der Waals surface area (Å²) < 4.78 is 16.1. The molecule has 200 valence electrons. The van der Waals surface area contributed by atoms with Crippen molar-refractivity contribution in [1.29, 1.82) is 0 Å². The number of pyridine rings is 1. The van der Waals surface area contributed by atoms with E-state index in [-0.39, 0.29) is 12.6 Å². The van der Waals surface area contributed by atoms with Crippen molar-refractivity contribution in [1.82, 2.24) is 39.6 Å². The standard InChI is InChI=1S/C27H34N8O3/c1-5-37-26-19-8-9-21-20-12-22(28-13-23(20)30-29-21)25-17(3)31-33(4)27(25)38-15-16(2)34(18-6-7-18)14-24(19)35(32-26)10-11-36/h8-9,12-13,16,18,36H,5-7,10-11,14-15H2,1-4H3,(H,29,30)/b9-8+. The number of nitrogens with one attached hydrogen (secondary N) is 1. The molecule has 0 spiro atoms. The number of aliphatic hydroxyl groups excluding tert-OH is 1. The summed E-state index contributed by atoms with van der Waals surface area (Å²) in [5, 5.41) is 27.8. The van der Waals surface area contributed by atoms with Gasteiger partial charge in [0, 0.05) is 31.1 Å². The zero-order chi connectivity index (χ0) is 26.4. The Kier molecular flexibility index (Phi) is 6.40. The number of nitrogens with zero attached hydrogens (tertiary/aromatic N) is 7. The summed E-state index contributed by atoms with van der Waals surface area (Å²) in [5.41, 5.74) is 6.10. The van der Waals surface area contributed by atoms with Gasteiger partial charge < -0.3 is 14.6 Å². The molecule has 38 heavy (non-hydrogen) atoms. The highest BCUT2D eigenvalue weighted by Gasteiger charge is 2.35. The van der Waals surface area contributed by atoms with Gasteiger partial charge in [0.1, 0.15) is 6.61 Å². The van der Waals surface area contributed by atoms with Crippen LogP contribution in [0.25, 0.3) is 34.3 Å². The molecule has 0 saturated heterocycles. The second-order valence-corrected chi connectivity index (χ2v) is 10.1. The van der Waals surface area contributed by atoms with Gasteiger partial charge in [0.2, 0.25) is 11.8 Å². The number of aromatic nitrogens is 7. The van der Waals surface area contributed by atoms with E-state index in [2.05, 4.69) is 27.1 Å². The summed E-state index contributed by atoms with van der Waals surface area (Å²) in [4.78, 5) is 7.20. The zero-order valence-corrected chi connectivity index (χ0v) is 22.3. The van der Waals surface area contributed by atoms with Crippen LogP contribution in [0.4, 0.5) is 0 Å². The molecule has 11 nitrogen and oxygen atoms in total. The minimum atomic E-state index is -0.00606. The molecule has 2 bridgehead atoms. The van der Waals surface area contributed by atoms with Crippen LogP contribution in [0.15, 0.2) is 12.3 Å². The number of fused-ring (bicyclic) bond motifs is 4. The van der Waals surface area contributed by atoms with Crippen molar-refractivity contribution >= 4 is 23.1 Å². The third-order valence-corrected chi connectivity index (χ3v) is 7.34. The number of aryl methyl sites for hydroxylation is 2. The van der Waals surface area contributed by atoms with E-state index in [1.165, 1.54) is 0 Å². The number of hydrogen-bond acceptors (Lipinski definition) is 8. The smallest absolute Gasteiger partial charge is 0.240 e. The van der Waals surface area contributed by atoms with E-state index in [4.69, 9.17) is 19.6 Å². The number of rotatable bonds is 5. The molecule has 1 aliphatic carbocycles. The zero-order valence-electron chi connectivity index (χ0n) is 22.3. The van der Waals surface area contributed by atoms with Crippen LogP contribution in [-0.4, -0.2) is 76.7 Å². The van der Waals surface area contributed by atoms with Crippen molar-refractivity contribution in [3.05, 3.63) is 34.9 Å². The van der Waals surface area contributed by atoms with Gasteiger partial charge in [-0.15, -0.1) is 5.10 Å². The lowest BCUT2D eigenvalue weighted by Crippen LogP contribution is -2.39. The van der Waals surface area contributed by atoms with Crippen molar-refractivity contribution in [3.8, 4) is 23.0 Å².